The van der Waals surface area contributed by atoms with Gasteiger partial charge in [0.05, 0.1) is 0 Å². The summed E-state index contributed by atoms with van der Waals surface area (Å²) >= 11 is 0. The highest BCUT2D eigenvalue weighted by molar-refractivity contribution is 5.71. The molecule has 1 aliphatic rings. The predicted molar refractivity (Wildman–Crippen MR) is 142 cm³/mol. The molecule has 2 heteroatoms. The summed E-state index contributed by atoms with van der Waals surface area (Å²) in [6.07, 6.45) is 4.83. The van der Waals surface area contributed by atoms with Crippen LogP contribution in [0, 0.1) is 33.6 Å². The summed E-state index contributed by atoms with van der Waals surface area (Å²) in [5, 5.41) is 0. The molecule has 0 saturated heterocycles. The molecule has 1 heterocycles. The van der Waals surface area contributed by atoms with Gasteiger partial charge in [0, 0.05) is 23.8 Å². The highest BCUT2D eigenvalue weighted by Crippen LogP contribution is 2.41. The minimum Gasteiger partial charge on any atom is -0.325 e. The van der Waals surface area contributed by atoms with Gasteiger partial charge in [-0.3, -0.25) is 0 Å². The second-order valence-corrected chi connectivity index (χ2v) is 12.2. The van der Waals surface area contributed by atoms with Gasteiger partial charge in [-0.1, -0.05) is 79.7 Å². The molecule has 0 fully saturated rings. The third-order valence-corrected chi connectivity index (χ3v) is 6.78. The van der Waals surface area contributed by atoms with Crippen molar-refractivity contribution in [3.05, 3.63) is 70.0 Å². The third kappa shape index (κ3) is 4.47. The Balaban J connectivity index is 2.08. The monoisotopic (exact) mass is 432 g/mol. The van der Waals surface area contributed by atoms with Crippen LogP contribution in [0.3, 0.4) is 0 Å². The Morgan fingerprint density at radius 3 is 1.09 bits per heavy atom. The van der Waals surface area contributed by atoms with Crippen LogP contribution in [0.15, 0.2) is 36.7 Å². The maximum Gasteiger partial charge on any atom is 0.112 e. The first kappa shape index (κ1) is 24.4. The number of hydrogen-bond donors (Lipinski definition) is 0. The molecule has 0 radical (unpaired) electrons. The molecule has 2 nitrogen and oxygen atoms in total. The van der Waals surface area contributed by atoms with Gasteiger partial charge in [-0.05, 0) is 77.8 Å². The number of hydrogen-bond acceptors (Lipinski definition) is 2. The van der Waals surface area contributed by atoms with Gasteiger partial charge in [-0.25, -0.2) is 0 Å². The first-order valence-corrected chi connectivity index (χ1v) is 12.1. The molecule has 2 aromatic carbocycles. The summed E-state index contributed by atoms with van der Waals surface area (Å²) in [6, 6.07) is 9.52. The van der Waals surface area contributed by atoms with Crippen LogP contribution < -0.4 is 9.80 Å². The number of benzene rings is 2. The van der Waals surface area contributed by atoms with E-state index in [1.54, 1.807) is 0 Å². The van der Waals surface area contributed by atoms with E-state index in [-0.39, 0.29) is 17.0 Å². The Hall–Kier alpha value is -2.22. The molecule has 0 aromatic heterocycles. The van der Waals surface area contributed by atoms with Crippen LogP contribution in [-0.4, -0.2) is 6.17 Å². The van der Waals surface area contributed by atoms with E-state index in [2.05, 4.69) is 130 Å². The Morgan fingerprint density at radius 1 is 0.594 bits per heavy atom. The molecule has 0 bridgehead atoms. The molecule has 1 aliphatic heterocycles. The molecule has 174 valence electrons. The van der Waals surface area contributed by atoms with Crippen molar-refractivity contribution in [3.63, 3.8) is 0 Å². The van der Waals surface area contributed by atoms with Crippen LogP contribution in [0.1, 0.15) is 88.8 Å². The van der Waals surface area contributed by atoms with Crippen LogP contribution in [0.2, 0.25) is 0 Å². The minimum atomic E-state index is 0.154. The topological polar surface area (TPSA) is 6.48 Å². The summed E-state index contributed by atoms with van der Waals surface area (Å²) in [4.78, 5) is 5.00. The first-order valence-electron chi connectivity index (χ1n) is 12.1. The molecule has 0 N–H and O–H groups in total. The van der Waals surface area contributed by atoms with Gasteiger partial charge in [-0.2, -0.15) is 0 Å². The molecular weight excluding hydrogens is 388 g/mol. The lowest BCUT2D eigenvalue weighted by Crippen LogP contribution is -2.44. The van der Waals surface area contributed by atoms with Crippen molar-refractivity contribution in [2.24, 2.45) is 5.92 Å². The Labute approximate surface area is 197 Å². The molecule has 32 heavy (non-hydrogen) atoms. The molecule has 0 aliphatic carbocycles. The van der Waals surface area contributed by atoms with Gasteiger partial charge >= 0.3 is 0 Å². The smallest absolute Gasteiger partial charge is 0.112 e. The maximum atomic E-state index is 2.50. The maximum absolute atomic E-state index is 2.50. The summed E-state index contributed by atoms with van der Waals surface area (Å²) in [5.41, 5.74) is 11.2. The fourth-order valence-corrected chi connectivity index (χ4v) is 5.10. The minimum absolute atomic E-state index is 0.154. The van der Waals surface area contributed by atoms with E-state index in [1.807, 2.05) is 0 Å². The molecular formula is C30H44N2. The lowest BCUT2D eigenvalue weighted by atomic mass is 9.84. The zero-order valence-electron chi connectivity index (χ0n) is 22.5. The Bertz CT molecular complexity index is 902. The lowest BCUT2D eigenvalue weighted by molar-refractivity contribution is 0.499. The molecule has 0 spiro atoms. The van der Waals surface area contributed by atoms with E-state index in [0.717, 1.165) is 0 Å². The zero-order valence-corrected chi connectivity index (χ0v) is 22.5. The molecule has 0 amide bonds. The number of aryl methyl sites for hydroxylation is 4. The standard InChI is InChI=1S/C30H44N2/c1-19(2)28-31(26-20(3)15-24(16-21(26)4)29(7,8)9)13-14-32(28)27-22(5)17-25(18-23(27)6)30(10,11)12/h13-19,28H,1-12H3. The van der Waals surface area contributed by atoms with Crippen LogP contribution in [0.4, 0.5) is 11.4 Å². The van der Waals surface area contributed by atoms with Gasteiger partial charge < -0.3 is 9.80 Å². The first-order chi connectivity index (χ1) is 14.6. The highest BCUT2D eigenvalue weighted by atomic mass is 15.4. The predicted octanol–water partition coefficient (Wildman–Crippen LogP) is 8.30. The molecule has 0 atom stereocenters. The van der Waals surface area contributed by atoms with Gasteiger partial charge in [-0.15, -0.1) is 0 Å². The van der Waals surface area contributed by atoms with E-state index >= 15 is 0 Å². The SMILES string of the molecule is Cc1cc(C(C)(C)C)cc(C)c1N1C=CN(c2c(C)cc(C(C)(C)C)cc2C)C1C(C)C. The number of nitrogens with zero attached hydrogens (tertiary/aromatic N) is 2. The molecule has 3 rings (SSSR count). The summed E-state index contributed by atoms with van der Waals surface area (Å²) < 4.78 is 0. The number of rotatable bonds is 3. The Morgan fingerprint density at radius 2 is 0.875 bits per heavy atom. The largest absolute Gasteiger partial charge is 0.325 e. The van der Waals surface area contributed by atoms with Crippen molar-refractivity contribution in [2.45, 2.75) is 100 Å². The van der Waals surface area contributed by atoms with Crippen LogP contribution in [-0.2, 0) is 10.8 Å². The van der Waals surface area contributed by atoms with Crippen molar-refractivity contribution < 1.29 is 0 Å². The fraction of sp³-hybridized carbons (Fsp3) is 0.533. The van der Waals surface area contributed by atoms with Gasteiger partial charge in [0.1, 0.15) is 6.17 Å². The number of anilines is 2. The van der Waals surface area contributed by atoms with Crippen LogP contribution in [0.25, 0.3) is 0 Å². The summed E-state index contributed by atoms with van der Waals surface area (Å²) in [6.45, 7) is 27.5. The van der Waals surface area contributed by atoms with Gasteiger partial charge in [0.2, 0.25) is 0 Å². The van der Waals surface area contributed by atoms with E-state index in [0.29, 0.717) is 5.92 Å². The fourth-order valence-electron chi connectivity index (χ4n) is 5.10. The second-order valence-electron chi connectivity index (χ2n) is 12.2. The normalized spacial score (nSPS) is 15.4. The average molecular weight is 433 g/mol. The highest BCUT2D eigenvalue weighted by Gasteiger charge is 2.34. The van der Waals surface area contributed by atoms with Crippen molar-refractivity contribution in [1.29, 1.82) is 0 Å². The lowest BCUT2D eigenvalue weighted by Gasteiger charge is -2.39. The van der Waals surface area contributed by atoms with E-state index in [9.17, 15) is 0 Å². The quantitative estimate of drug-likeness (QED) is 0.481. The van der Waals surface area contributed by atoms with E-state index < -0.39 is 0 Å². The molecule has 0 saturated carbocycles. The third-order valence-electron chi connectivity index (χ3n) is 6.78. The second kappa shape index (κ2) is 8.28. The molecule has 0 unspecified atom stereocenters. The van der Waals surface area contributed by atoms with E-state index in [1.165, 1.54) is 44.8 Å². The van der Waals surface area contributed by atoms with Crippen molar-refractivity contribution in [3.8, 4) is 0 Å². The summed E-state index contributed by atoms with van der Waals surface area (Å²) in [7, 11) is 0. The van der Waals surface area contributed by atoms with Gasteiger partial charge in [0.25, 0.3) is 0 Å². The van der Waals surface area contributed by atoms with Crippen molar-refractivity contribution >= 4 is 11.4 Å². The van der Waals surface area contributed by atoms with Crippen molar-refractivity contribution in [2.75, 3.05) is 9.80 Å². The van der Waals surface area contributed by atoms with Crippen molar-refractivity contribution in [1.82, 2.24) is 0 Å². The average Bonchev–Trinajstić information content (AvgIpc) is 3.03. The van der Waals surface area contributed by atoms with Crippen LogP contribution >= 0.6 is 0 Å². The Kier molecular flexibility index (Phi) is 6.32. The summed E-state index contributed by atoms with van der Waals surface area (Å²) in [5.74, 6) is 0.465. The van der Waals surface area contributed by atoms with Gasteiger partial charge in [0.15, 0.2) is 0 Å². The molecule has 2 aromatic rings. The van der Waals surface area contributed by atoms with Crippen LogP contribution in [0.5, 0.6) is 0 Å². The zero-order chi connectivity index (χ0) is 24.2. The van der Waals surface area contributed by atoms with E-state index in [4.69, 9.17) is 0 Å².